The minimum Gasteiger partial charge on any atom is -0.394 e. The molecule has 1 fully saturated rings. The van der Waals surface area contributed by atoms with E-state index in [-0.39, 0.29) is 28.3 Å². The number of imidazole rings is 1. The van der Waals surface area contributed by atoms with Crippen molar-refractivity contribution in [3.63, 3.8) is 0 Å². The van der Waals surface area contributed by atoms with E-state index < -0.39 is 38.4 Å². The Balaban J connectivity index is 2.01. The first-order valence-electron chi connectivity index (χ1n) is 6.63. The second-order valence-electron chi connectivity index (χ2n) is 5.06. The summed E-state index contributed by atoms with van der Waals surface area (Å²) < 4.78 is 22.9. The number of ether oxygens (including phenoxy) is 1. The molecule has 1 saturated heterocycles. The molecule has 1 aliphatic heterocycles. The van der Waals surface area contributed by atoms with Crippen molar-refractivity contribution in [1.29, 1.82) is 0 Å². The number of fused-ring (bicyclic) bond motifs is 1. The molecule has 0 bridgehead atoms. The number of hydrogen-bond donors (Lipinski definition) is 5. The molecule has 2 aromatic rings. The molecule has 0 radical (unpaired) electrons. The molecule has 0 saturated carbocycles. The number of halogens is 1. The highest BCUT2D eigenvalue weighted by Gasteiger charge is 2.41. The molecule has 2 aromatic heterocycles. The molecule has 6 N–H and O–H groups in total. The van der Waals surface area contributed by atoms with E-state index in [2.05, 4.69) is 35.4 Å². The predicted molar refractivity (Wildman–Crippen MR) is 82.8 cm³/mol. The standard InChI is InChI=1S/C10H13BrN5O7P/c11-9-13-6-7(14-10(12)15-8(6)18)16(9)5-1-3(4(2-17)22-5)23-24(19,20)21/h3-5,17H,1-2H2,(H2,19,20,21)(H3,12,14,15,18)/t3-,4+,5+/m0/s1. The summed E-state index contributed by atoms with van der Waals surface area (Å²) in [6.45, 7) is -0.512. The summed E-state index contributed by atoms with van der Waals surface area (Å²) >= 11 is 3.18. The maximum absolute atomic E-state index is 11.9. The second-order valence-corrected chi connectivity index (χ2v) is 6.96. The number of hydrogen-bond acceptors (Lipinski definition) is 8. The lowest BCUT2D eigenvalue weighted by molar-refractivity contribution is -0.0432. The van der Waals surface area contributed by atoms with Crippen LogP contribution in [0.15, 0.2) is 9.53 Å². The van der Waals surface area contributed by atoms with E-state index in [1.54, 1.807) is 0 Å². The largest absolute Gasteiger partial charge is 0.469 e. The van der Waals surface area contributed by atoms with Crippen LogP contribution in [0.2, 0.25) is 0 Å². The molecular weight excluding hydrogens is 413 g/mol. The van der Waals surface area contributed by atoms with Crippen molar-refractivity contribution in [3.8, 4) is 0 Å². The van der Waals surface area contributed by atoms with Gasteiger partial charge in [0.1, 0.15) is 18.4 Å². The van der Waals surface area contributed by atoms with E-state index in [0.29, 0.717) is 0 Å². The van der Waals surface area contributed by atoms with Gasteiger partial charge in [-0.05, 0) is 15.9 Å². The van der Waals surface area contributed by atoms with E-state index >= 15 is 0 Å². The van der Waals surface area contributed by atoms with Crippen molar-refractivity contribution in [3.05, 3.63) is 15.1 Å². The van der Waals surface area contributed by atoms with Crippen LogP contribution in [0.1, 0.15) is 12.6 Å². The van der Waals surface area contributed by atoms with E-state index in [9.17, 15) is 14.5 Å². The van der Waals surface area contributed by atoms with Gasteiger partial charge in [0.25, 0.3) is 5.56 Å². The molecule has 12 nitrogen and oxygen atoms in total. The van der Waals surface area contributed by atoms with Gasteiger partial charge in [0.2, 0.25) is 5.95 Å². The molecule has 3 atom stereocenters. The lowest BCUT2D eigenvalue weighted by atomic mass is 10.2. The fourth-order valence-electron chi connectivity index (χ4n) is 2.54. The minimum absolute atomic E-state index is 0.00518. The first kappa shape index (κ1) is 17.5. The number of phosphoric ester groups is 1. The number of aliphatic hydroxyl groups excluding tert-OH is 1. The van der Waals surface area contributed by atoms with Crippen LogP contribution in [0.3, 0.4) is 0 Å². The van der Waals surface area contributed by atoms with Crippen LogP contribution < -0.4 is 11.3 Å². The Kier molecular flexibility index (Phi) is 4.51. The number of aromatic amines is 1. The molecule has 1 aliphatic rings. The normalized spacial score (nSPS) is 24.8. The molecule has 0 aromatic carbocycles. The number of nitrogens with two attached hydrogens (primary N) is 1. The Morgan fingerprint density at radius 2 is 2.21 bits per heavy atom. The number of nitrogens with zero attached hydrogens (tertiary/aromatic N) is 3. The monoisotopic (exact) mass is 425 g/mol. The van der Waals surface area contributed by atoms with Gasteiger partial charge in [-0.2, -0.15) is 4.98 Å². The molecule has 0 spiro atoms. The molecule has 3 rings (SSSR count). The number of phosphoric acid groups is 1. The van der Waals surface area contributed by atoms with Gasteiger partial charge in [-0.25, -0.2) is 9.55 Å². The van der Waals surface area contributed by atoms with Gasteiger partial charge in [0.15, 0.2) is 15.9 Å². The zero-order chi connectivity index (χ0) is 17.6. The molecule has 0 aliphatic carbocycles. The van der Waals surface area contributed by atoms with Gasteiger partial charge in [0.05, 0.1) is 6.61 Å². The number of anilines is 1. The SMILES string of the molecule is Nc1nc2c(nc(Br)n2[C@H]2C[C@H](OP(=O)(O)O)[C@@H](CO)O2)c(=O)[nH]1. The number of aromatic nitrogens is 4. The Labute approximate surface area is 142 Å². The van der Waals surface area contributed by atoms with Gasteiger partial charge in [-0.15, -0.1) is 0 Å². The van der Waals surface area contributed by atoms with Crippen molar-refractivity contribution in [1.82, 2.24) is 19.5 Å². The van der Waals surface area contributed by atoms with Crippen molar-refractivity contribution in [2.24, 2.45) is 0 Å². The maximum atomic E-state index is 11.9. The summed E-state index contributed by atoms with van der Waals surface area (Å²) in [4.78, 5) is 40.1. The maximum Gasteiger partial charge on any atom is 0.469 e. The molecule has 132 valence electrons. The first-order chi connectivity index (χ1) is 11.2. The Hall–Kier alpha value is -1.34. The number of nitrogens with one attached hydrogen (secondary N) is 1. The van der Waals surface area contributed by atoms with Crippen molar-refractivity contribution in [2.45, 2.75) is 24.9 Å². The third-order valence-electron chi connectivity index (χ3n) is 3.45. The summed E-state index contributed by atoms with van der Waals surface area (Å²) in [7, 11) is -4.76. The zero-order valence-electron chi connectivity index (χ0n) is 11.9. The van der Waals surface area contributed by atoms with Crippen molar-refractivity contribution < 1.29 is 28.7 Å². The predicted octanol–water partition coefficient (Wildman–Crippen LogP) is -0.778. The number of nitrogen functional groups attached to an aromatic ring is 1. The fourth-order valence-corrected chi connectivity index (χ4v) is 3.69. The van der Waals surface area contributed by atoms with Gasteiger partial charge < -0.3 is 25.4 Å². The first-order valence-corrected chi connectivity index (χ1v) is 8.95. The highest BCUT2D eigenvalue weighted by atomic mass is 79.9. The third-order valence-corrected chi connectivity index (χ3v) is 4.55. The molecule has 24 heavy (non-hydrogen) atoms. The van der Waals surface area contributed by atoms with E-state index in [4.69, 9.17) is 20.3 Å². The number of H-pyrrole nitrogens is 1. The summed E-state index contributed by atoms with van der Waals surface area (Å²) in [5, 5.41) is 9.33. The van der Waals surface area contributed by atoms with Crippen LogP contribution >= 0.6 is 23.8 Å². The van der Waals surface area contributed by atoms with Crippen LogP contribution in [0, 0.1) is 0 Å². The van der Waals surface area contributed by atoms with E-state index in [1.165, 1.54) is 4.57 Å². The van der Waals surface area contributed by atoms with Gasteiger partial charge in [-0.3, -0.25) is 18.9 Å². The van der Waals surface area contributed by atoms with Gasteiger partial charge in [0, 0.05) is 6.42 Å². The quantitative estimate of drug-likeness (QED) is 0.307. The molecule has 14 heteroatoms. The zero-order valence-corrected chi connectivity index (χ0v) is 14.3. The van der Waals surface area contributed by atoms with Crippen LogP contribution in [-0.2, 0) is 13.8 Å². The lowest BCUT2D eigenvalue weighted by Crippen LogP contribution is -2.26. The van der Waals surface area contributed by atoms with E-state index in [1.807, 2.05) is 0 Å². The Morgan fingerprint density at radius 3 is 2.83 bits per heavy atom. The summed E-state index contributed by atoms with van der Waals surface area (Å²) in [6, 6.07) is 0. The second kappa shape index (κ2) is 6.19. The lowest BCUT2D eigenvalue weighted by Gasteiger charge is -2.16. The minimum atomic E-state index is -4.76. The highest BCUT2D eigenvalue weighted by molar-refractivity contribution is 9.10. The number of aliphatic hydroxyl groups is 1. The highest BCUT2D eigenvalue weighted by Crippen LogP contribution is 2.44. The van der Waals surface area contributed by atoms with Crippen LogP contribution in [-0.4, -0.2) is 53.2 Å². The molecule has 3 heterocycles. The van der Waals surface area contributed by atoms with E-state index in [0.717, 1.165) is 0 Å². The summed E-state index contributed by atoms with van der Waals surface area (Å²) in [5.74, 6) is -0.124. The fraction of sp³-hybridized carbons (Fsp3) is 0.500. The smallest absolute Gasteiger partial charge is 0.394 e. The average Bonchev–Trinajstić information content (AvgIpc) is 2.97. The summed E-state index contributed by atoms with van der Waals surface area (Å²) in [6.07, 6.45) is -2.85. The topological polar surface area (TPSA) is 186 Å². The number of rotatable bonds is 4. The summed E-state index contributed by atoms with van der Waals surface area (Å²) in [5.41, 5.74) is 5.13. The van der Waals surface area contributed by atoms with Crippen LogP contribution in [0.4, 0.5) is 5.95 Å². The van der Waals surface area contributed by atoms with Crippen molar-refractivity contribution in [2.75, 3.05) is 12.3 Å². The van der Waals surface area contributed by atoms with Crippen molar-refractivity contribution >= 4 is 40.9 Å². The Morgan fingerprint density at radius 1 is 1.50 bits per heavy atom. The molecular formula is C10H13BrN5O7P. The third kappa shape index (κ3) is 3.24. The average molecular weight is 426 g/mol. The molecule has 0 unspecified atom stereocenters. The van der Waals surface area contributed by atoms with Gasteiger partial charge in [-0.1, -0.05) is 0 Å². The molecule has 0 amide bonds. The van der Waals surface area contributed by atoms with Crippen LogP contribution in [0.5, 0.6) is 0 Å². The van der Waals surface area contributed by atoms with Crippen LogP contribution in [0.25, 0.3) is 11.2 Å². The van der Waals surface area contributed by atoms with Gasteiger partial charge >= 0.3 is 7.82 Å². The Bertz CT molecular complexity index is 878.